The third-order valence-corrected chi connectivity index (χ3v) is 7.12. The van der Waals surface area contributed by atoms with E-state index in [1.807, 2.05) is 34.6 Å². The average molecular weight is 471 g/mol. The van der Waals surface area contributed by atoms with Crippen LogP contribution >= 0.6 is 0 Å². The smallest absolute Gasteiger partial charge is 0.407 e. The quantitative estimate of drug-likeness (QED) is 0.474. The summed E-state index contributed by atoms with van der Waals surface area (Å²) >= 11 is 0. The highest BCUT2D eigenvalue weighted by Crippen LogP contribution is 2.23. The molecular formula is C24H42N2O5S. The number of nitrogens with one attached hydrogen (secondary N) is 1. The van der Waals surface area contributed by atoms with Crippen LogP contribution < -0.4 is 5.32 Å². The molecule has 0 saturated heterocycles. The molecule has 7 nitrogen and oxygen atoms in total. The van der Waals surface area contributed by atoms with Crippen LogP contribution in [0.15, 0.2) is 29.2 Å². The summed E-state index contributed by atoms with van der Waals surface area (Å²) in [6, 6.07) is 6.28. The lowest BCUT2D eigenvalue weighted by atomic mass is 10.0. The first-order valence-electron chi connectivity index (χ1n) is 11.4. The second-order valence-electron chi connectivity index (χ2n) is 10.0. The number of rotatable bonds is 12. The van der Waals surface area contributed by atoms with Crippen LogP contribution in [0.1, 0.15) is 66.4 Å². The maximum absolute atomic E-state index is 13.4. The number of alkyl carbamates (subject to hydrolysis) is 1. The predicted octanol–water partition coefficient (Wildman–Crippen LogP) is 4.33. The Morgan fingerprint density at radius 2 is 1.69 bits per heavy atom. The lowest BCUT2D eigenvalue weighted by Gasteiger charge is -2.31. The number of aryl methyl sites for hydroxylation is 1. The topological polar surface area (TPSA) is 95.9 Å². The molecule has 2 N–H and O–H groups in total. The van der Waals surface area contributed by atoms with Gasteiger partial charge in [-0.1, -0.05) is 38.5 Å². The van der Waals surface area contributed by atoms with Crippen LogP contribution in [0.4, 0.5) is 4.79 Å². The molecule has 0 aliphatic heterocycles. The largest absolute Gasteiger partial charge is 0.444 e. The van der Waals surface area contributed by atoms with E-state index in [4.69, 9.17) is 4.74 Å². The Bertz CT molecular complexity index is 801. The van der Waals surface area contributed by atoms with Crippen LogP contribution in [0.2, 0.25) is 0 Å². The molecule has 1 rings (SSSR count). The zero-order valence-electron chi connectivity index (χ0n) is 20.7. The fraction of sp³-hybridized carbons (Fsp3) is 0.708. The minimum atomic E-state index is -3.74. The van der Waals surface area contributed by atoms with Crippen LogP contribution in [0.25, 0.3) is 0 Å². The van der Waals surface area contributed by atoms with Gasteiger partial charge in [0.15, 0.2) is 0 Å². The molecule has 0 spiro atoms. The van der Waals surface area contributed by atoms with Gasteiger partial charge in [-0.3, -0.25) is 0 Å². The highest BCUT2D eigenvalue weighted by molar-refractivity contribution is 7.89. The molecule has 0 heterocycles. The summed E-state index contributed by atoms with van der Waals surface area (Å²) in [6.45, 7) is 13.9. The molecule has 0 aromatic heterocycles. The van der Waals surface area contributed by atoms with Gasteiger partial charge in [0, 0.05) is 19.1 Å². The molecule has 0 saturated carbocycles. The van der Waals surface area contributed by atoms with Gasteiger partial charge in [-0.2, -0.15) is 4.31 Å². The van der Waals surface area contributed by atoms with E-state index in [-0.39, 0.29) is 17.4 Å². The zero-order chi connectivity index (χ0) is 24.5. The lowest BCUT2D eigenvalue weighted by molar-refractivity contribution is 0.0518. The minimum Gasteiger partial charge on any atom is -0.444 e. The third kappa shape index (κ3) is 9.88. The zero-order valence-corrected chi connectivity index (χ0v) is 21.5. The number of carbonyl (C=O) groups excluding carboxylic acids is 1. The number of ether oxygens (including phenoxy) is 1. The first kappa shape index (κ1) is 28.4. The van der Waals surface area contributed by atoms with Crippen LogP contribution in [0.3, 0.4) is 0 Å². The molecule has 0 aliphatic rings. The van der Waals surface area contributed by atoms with Crippen molar-refractivity contribution in [3.8, 4) is 0 Å². The van der Waals surface area contributed by atoms with Gasteiger partial charge in [-0.25, -0.2) is 13.2 Å². The Morgan fingerprint density at radius 3 is 2.19 bits per heavy atom. The summed E-state index contributed by atoms with van der Waals surface area (Å²) in [5.74, 6) is 0.438. The molecule has 0 radical (unpaired) electrons. The first-order chi connectivity index (χ1) is 14.8. The monoisotopic (exact) mass is 470 g/mol. The normalized spacial score (nSPS) is 14.4. The molecule has 184 valence electrons. The molecular weight excluding hydrogens is 428 g/mol. The van der Waals surface area contributed by atoms with Gasteiger partial charge < -0.3 is 15.2 Å². The standard InChI is InChI=1S/C24H42N2O5S/c1-18(2)14-15-26(32(29,30)22-12-9-19(3)10-13-22)21(17-27)11-8-20(4)16-25-23(28)31-24(5,6)7/h9-10,12-13,18,20-21,27H,8,11,14-17H2,1-7H3,(H,25,28)/t20?,21-/m0/s1. The van der Waals surface area contributed by atoms with Gasteiger partial charge in [0.05, 0.1) is 11.5 Å². The van der Waals surface area contributed by atoms with E-state index >= 15 is 0 Å². The number of hydrogen-bond donors (Lipinski definition) is 2. The summed E-state index contributed by atoms with van der Waals surface area (Å²) in [5, 5.41) is 12.8. The molecule has 1 aromatic carbocycles. The number of sulfonamides is 1. The van der Waals surface area contributed by atoms with Crippen molar-refractivity contribution in [2.45, 2.75) is 84.3 Å². The highest BCUT2D eigenvalue weighted by atomic mass is 32.2. The maximum atomic E-state index is 13.4. The summed E-state index contributed by atoms with van der Waals surface area (Å²) in [5.41, 5.74) is 0.430. The van der Waals surface area contributed by atoms with E-state index in [0.717, 1.165) is 5.56 Å². The Balaban J connectivity index is 2.86. The number of amides is 1. The fourth-order valence-corrected chi connectivity index (χ4v) is 4.87. The van der Waals surface area contributed by atoms with Crippen molar-refractivity contribution >= 4 is 16.1 Å². The molecule has 1 amide bonds. The minimum absolute atomic E-state index is 0.102. The maximum Gasteiger partial charge on any atom is 0.407 e. The van der Waals surface area contributed by atoms with Crippen LogP contribution in [-0.4, -0.2) is 55.3 Å². The molecule has 0 fully saturated rings. The van der Waals surface area contributed by atoms with E-state index in [0.29, 0.717) is 38.3 Å². The molecule has 8 heteroatoms. The Kier molecular flexibility index (Phi) is 11.1. The fourth-order valence-electron chi connectivity index (χ4n) is 3.21. The van der Waals surface area contributed by atoms with Gasteiger partial charge in [0.2, 0.25) is 10.0 Å². The number of nitrogens with zero attached hydrogens (tertiary/aromatic N) is 1. The second-order valence-corrected chi connectivity index (χ2v) is 11.9. The number of carbonyl (C=O) groups is 1. The average Bonchev–Trinajstić information content (AvgIpc) is 2.67. The van der Waals surface area contributed by atoms with Gasteiger partial charge in [0.1, 0.15) is 5.60 Å². The Hall–Kier alpha value is -1.64. The van der Waals surface area contributed by atoms with Gasteiger partial charge in [-0.05, 0) is 70.9 Å². The van der Waals surface area contributed by atoms with Crippen molar-refractivity contribution in [3.63, 3.8) is 0 Å². The van der Waals surface area contributed by atoms with E-state index in [1.165, 1.54) is 4.31 Å². The third-order valence-electron chi connectivity index (χ3n) is 5.16. The van der Waals surface area contributed by atoms with Crippen molar-refractivity contribution in [3.05, 3.63) is 29.8 Å². The molecule has 0 aliphatic carbocycles. The number of aliphatic hydroxyl groups is 1. The summed E-state index contributed by atoms with van der Waals surface area (Å²) in [4.78, 5) is 12.1. The number of aliphatic hydroxyl groups excluding tert-OH is 1. The van der Waals surface area contributed by atoms with Gasteiger partial charge >= 0.3 is 6.09 Å². The van der Waals surface area contributed by atoms with Crippen molar-refractivity contribution in [1.82, 2.24) is 9.62 Å². The van der Waals surface area contributed by atoms with Crippen LogP contribution in [-0.2, 0) is 14.8 Å². The van der Waals surface area contributed by atoms with Gasteiger partial charge in [0.25, 0.3) is 0 Å². The Morgan fingerprint density at radius 1 is 1.09 bits per heavy atom. The molecule has 1 unspecified atom stereocenters. The summed E-state index contributed by atoms with van der Waals surface area (Å²) in [7, 11) is -3.74. The van der Waals surface area contributed by atoms with Crippen molar-refractivity contribution in [1.29, 1.82) is 0 Å². The molecule has 1 aromatic rings. The van der Waals surface area contributed by atoms with Crippen molar-refractivity contribution in [2.75, 3.05) is 19.7 Å². The Labute approximate surface area is 194 Å². The van der Waals surface area contributed by atoms with E-state index in [2.05, 4.69) is 19.2 Å². The molecule has 0 bridgehead atoms. The summed E-state index contributed by atoms with van der Waals surface area (Å²) < 4.78 is 33.5. The number of benzene rings is 1. The SMILES string of the molecule is Cc1ccc(S(=O)(=O)N(CCC(C)C)[C@H](CO)CCC(C)CNC(=O)OC(C)(C)C)cc1. The lowest BCUT2D eigenvalue weighted by Crippen LogP contribution is -2.43. The van der Waals surface area contributed by atoms with Crippen molar-refractivity contribution < 1.29 is 23.1 Å². The van der Waals surface area contributed by atoms with E-state index in [9.17, 15) is 18.3 Å². The second kappa shape index (κ2) is 12.6. The summed E-state index contributed by atoms with van der Waals surface area (Å²) in [6.07, 6.45) is 1.39. The molecule has 2 atom stereocenters. The van der Waals surface area contributed by atoms with Gasteiger partial charge in [-0.15, -0.1) is 0 Å². The van der Waals surface area contributed by atoms with E-state index < -0.39 is 27.8 Å². The first-order valence-corrected chi connectivity index (χ1v) is 12.9. The predicted molar refractivity (Wildman–Crippen MR) is 128 cm³/mol. The van der Waals surface area contributed by atoms with E-state index in [1.54, 1.807) is 24.3 Å². The van der Waals surface area contributed by atoms with Crippen LogP contribution in [0.5, 0.6) is 0 Å². The highest BCUT2D eigenvalue weighted by Gasteiger charge is 2.31. The van der Waals surface area contributed by atoms with Crippen molar-refractivity contribution in [2.24, 2.45) is 11.8 Å². The number of hydrogen-bond acceptors (Lipinski definition) is 5. The molecule has 32 heavy (non-hydrogen) atoms. The van der Waals surface area contributed by atoms with Crippen LogP contribution in [0, 0.1) is 18.8 Å².